The summed E-state index contributed by atoms with van der Waals surface area (Å²) >= 11 is 5.88. The van der Waals surface area contributed by atoms with Gasteiger partial charge in [0.25, 0.3) is 0 Å². The van der Waals surface area contributed by atoms with Crippen LogP contribution in [0.4, 0.5) is 0 Å². The third-order valence-electron chi connectivity index (χ3n) is 4.00. The van der Waals surface area contributed by atoms with Gasteiger partial charge in [-0.15, -0.1) is 0 Å². The Kier molecular flexibility index (Phi) is 4.37. The van der Waals surface area contributed by atoms with Crippen molar-refractivity contribution in [3.8, 4) is 0 Å². The number of hydrogen-bond acceptors (Lipinski definition) is 3. The lowest BCUT2D eigenvalue weighted by molar-refractivity contribution is -0.148. The molecular formula is C16H17ClO4. The molecule has 1 unspecified atom stereocenters. The van der Waals surface area contributed by atoms with E-state index >= 15 is 0 Å². The van der Waals surface area contributed by atoms with E-state index in [2.05, 4.69) is 0 Å². The molecule has 5 heteroatoms. The predicted molar refractivity (Wildman–Crippen MR) is 80.0 cm³/mol. The van der Waals surface area contributed by atoms with Crippen LogP contribution in [0.5, 0.6) is 0 Å². The highest BCUT2D eigenvalue weighted by Crippen LogP contribution is 2.43. The Bertz CT molecular complexity index is 603. The van der Waals surface area contributed by atoms with Gasteiger partial charge in [-0.05, 0) is 49.5 Å². The molecule has 0 saturated heterocycles. The number of carbonyl (C=O) groups is 2. The molecule has 1 aliphatic carbocycles. The molecule has 1 atom stereocenters. The lowest BCUT2D eigenvalue weighted by Crippen LogP contribution is -2.32. The lowest BCUT2D eigenvalue weighted by Gasteiger charge is -2.32. The molecule has 112 valence electrons. The molecule has 0 saturated carbocycles. The second kappa shape index (κ2) is 5.90. The van der Waals surface area contributed by atoms with E-state index in [1.165, 1.54) is 7.11 Å². The molecule has 0 heterocycles. The van der Waals surface area contributed by atoms with Gasteiger partial charge in [0.2, 0.25) is 0 Å². The molecule has 4 nitrogen and oxygen atoms in total. The van der Waals surface area contributed by atoms with E-state index in [4.69, 9.17) is 16.3 Å². The second-order valence-corrected chi connectivity index (χ2v) is 5.93. The fourth-order valence-electron chi connectivity index (χ4n) is 2.61. The Morgan fingerprint density at radius 1 is 1.29 bits per heavy atom. The number of ether oxygens (including phenoxy) is 1. The van der Waals surface area contributed by atoms with Crippen molar-refractivity contribution < 1.29 is 19.4 Å². The number of halogens is 1. The summed E-state index contributed by atoms with van der Waals surface area (Å²) in [7, 11) is 1.31. The number of benzene rings is 1. The molecule has 0 aromatic heterocycles. The molecule has 0 spiro atoms. The Hall–Kier alpha value is -1.81. The Labute approximate surface area is 128 Å². The number of rotatable bonds is 3. The second-order valence-electron chi connectivity index (χ2n) is 5.50. The first-order valence-corrected chi connectivity index (χ1v) is 7.05. The van der Waals surface area contributed by atoms with E-state index in [1.807, 2.05) is 12.1 Å². The van der Waals surface area contributed by atoms with Crippen LogP contribution in [0.25, 0.3) is 5.57 Å². The van der Waals surface area contributed by atoms with Crippen LogP contribution in [-0.4, -0.2) is 24.2 Å². The van der Waals surface area contributed by atoms with E-state index in [0.29, 0.717) is 23.4 Å². The number of allylic oxidation sites excluding steroid dienone is 1. The van der Waals surface area contributed by atoms with Crippen LogP contribution in [0, 0.1) is 5.41 Å². The van der Waals surface area contributed by atoms with Crippen molar-refractivity contribution in [2.24, 2.45) is 5.41 Å². The normalized spacial score (nSPS) is 22.0. The van der Waals surface area contributed by atoms with Crippen LogP contribution in [0.15, 0.2) is 29.8 Å². The van der Waals surface area contributed by atoms with Crippen molar-refractivity contribution >= 4 is 29.1 Å². The number of carboxylic acid groups (broad SMARTS) is 1. The van der Waals surface area contributed by atoms with Crippen molar-refractivity contribution in [3.05, 3.63) is 40.4 Å². The van der Waals surface area contributed by atoms with Gasteiger partial charge in [0.05, 0.1) is 12.5 Å². The molecule has 1 N–H and O–H groups in total. The van der Waals surface area contributed by atoms with Crippen molar-refractivity contribution in [2.75, 3.05) is 7.11 Å². The van der Waals surface area contributed by atoms with Crippen molar-refractivity contribution in [3.63, 3.8) is 0 Å². The topological polar surface area (TPSA) is 63.6 Å². The van der Waals surface area contributed by atoms with Gasteiger partial charge >= 0.3 is 11.9 Å². The minimum absolute atomic E-state index is 0.174. The summed E-state index contributed by atoms with van der Waals surface area (Å²) in [5.41, 5.74) is 1.24. The summed E-state index contributed by atoms with van der Waals surface area (Å²) in [4.78, 5) is 23.5. The number of aliphatic carboxylic acids is 1. The standard InChI is InChI=1S/C16H17ClO4/c1-16(15(19)20)8-7-12(13(9-16)14(18)21-2)10-3-5-11(17)6-4-10/h3-6H,7-9H2,1-2H3,(H,19,20). The van der Waals surface area contributed by atoms with Gasteiger partial charge in [-0.2, -0.15) is 0 Å². The summed E-state index contributed by atoms with van der Waals surface area (Å²) in [6.07, 6.45) is 1.18. The van der Waals surface area contributed by atoms with Gasteiger partial charge in [0.15, 0.2) is 0 Å². The third kappa shape index (κ3) is 3.10. The maximum absolute atomic E-state index is 12.0. The van der Waals surface area contributed by atoms with Gasteiger partial charge in [-0.1, -0.05) is 23.7 Å². The molecule has 2 rings (SSSR count). The minimum Gasteiger partial charge on any atom is -0.481 e. The minimum atomic E-state index is -0.931. The van der Waals surface area contributed by atoms with Crippen molar-refractivity contribution in [2.45, 2.75) is 26.2 Å². The average Bonchev–Trinajstić information content (AvgIpc) is 2.47. The number of methoxy groups -OCH3 is 1. The van der Waals surface area contributed by atoms with Gasteiger partial charge in [0, 0.05) is 10.6 Å². The molecule has 21 heavy (non-hydrogen) atoms. The van der Waals surface area contributed by atoms with Gasteiger partial charge < -0.3 is 9.84 Å². The fourth-order valence-corrected chi connectivity index (χ4v) is 2.73. The zero-order valence-corrected chi connectivity index (χ0v) is 12.7. The van der Waals surface area contributed by atoms with E-state index in [1.54, 1.807) is 19.1 Å². The van der Waals surface area contributed by atoms with Gasteiger partial charge in [-0.25, -0.2) is 4.79 Å². The summed E-state index contributed by atoms with van der Waals surface area (Å²) < 4.78 is 4.82. The van der Waals surface area contributed by atoms with Crippen LogP contribution >= 0.6 is 11.6 Å². The van der Waals surface area contributed by atoms with Crippen LogP contribution in [0.1, 0.15) is 31.7 Å². The van der Waals surface area contributed by atoms with Crippen LogP contribution in [0.2, 0.25) is 5.02 Å². The van der Waals surface area contributed by atoms with E-state index in [-0.39, 0.29) is 6.42 Å². The highest BCUT2D eigenvalue weighted by molar-refractivity contribution is 6.30. The summed E-state index contributed by atoms with van der Waals surface area (Å²) in [6, 6.07) is 7.18. The van der Waals surface area contributed by atoms with E-state index < -0.39 is 17.4 Å². The van der Waals surface area contributed by atoms with Crippen molar-refractivity contribution in [1.82, 2.24) is 0 Å². The molecule has 0 radical (unpaired) electrons. The first kappa shape index (κ1) is 15.6. The molecule has 0 amide bonds. The number of esters is 1. The number of hydrogen-bond donors (Lipinski definition) is 1. The number of carboxylic acids is 1. The first-order valence-electron chi connectivity index (χ1n) is 6.67. The third-order valence-corrected chi connectivity index (χ3v) is 4.25. The smallest absolute Gasteiger partial charge is 0.334 e. The zero-order chi connectivity index (χ0) is 15.6. The van der Waals surface area contributed by atoms with Crippen LogP contribution in [0.3, 0.4) is 0 Å². The Morgan fingerprint density at radius 3 is 2.43 bits per heavy atom. The Morgan fingerprint density at radius 2 is 1.90 bits per heavy atom. The van der Waals surface area contributed by atoms with Crippen molar-refractivity contribution in [1.29, 1.82) is 0 Å². The lowest BCUT2D eigenvalue weighted by atomic mass is 9.71. The highest BCUT2D eigenvalue weighted by Gasteiger charge is 2.40. The molecule has 1 aliphatic rings. The molecule has 1 aromatic carbocycles. The largest absolute Gasteiger partial charge is 0.481 e. The monoisotopic (exact) mass is 308 g/mol. The predicted octanol–water partition coefficient (Wildman–Crippen LogP) is 3.54. The SMILES string of the molecule is COC(=O)C1=C(c2ccc(Cl)cc2)CCC(C)(C(=O)O)C1. The summed E-state index contributed by atoms with van der Waals surface area (Å²) in [5, 5.41) is 9.99. The van der Waals surface area contributed by atoms with Gasteiger partial charge in [0.1, 0.15) is 0 Å². The maximum atomic E-state index is 12.0. The molecule has 0 aliphatic heterocycles. The number of carbonyl (C=O) groups excluding carboxylic acids is 1. The van der Waals surface area contributed by atoms with Crippen LogP contribution in [-0.2, 0) is 14.3 Å². The molecular weight excluding hydrogens is 292 g/mol. The van der Waals surface area contributed by atoms with E-state index in [0.717, 1.165) is 11.1 Å². The fraction of sp³-hybridized carbons (Fsp3) is 0.375. The quantitative estimate of drug-likeness (QED) is 0.867. The van der Waals surface area contributed by atoms with Crippen LogP contribution < -0.4 is 0 Å². The van der Waals surface area contributed by atoms with E-state index in [9.17, 15) is 14.7 Å². The molecule has 0 bridgehead atoms. The summed E-state index contributed by atoms with van der Waals surface area (Å²) in [5.74, 6) is -1.36. The highest BCUT2D eigenvalue weighted by atomic mass is 35.5. The average molecular weight is 309 g/mol. The maximum Gasteiger partial charge on any atom is 0.334 e. The first-order chi connectivity index (χ1) is 9.87. The summed E-state index contributed by atoms with van der Waals surface area (Å²) in [6.45, 7) is 1.66. The molecule has 1 aromatic rings. The van der Waals surface area contributed by atoms with Gasteiger partial charge in [-0.3, -0.25) is 4.79 Å². The Balaban J connectivity index is 2.48. The zero-order valence-electron chi connectivity index (χ0n) is 12.0. The molecule has 0 fully saturated rings.